The fourth-order valence-electron chi connectivity index (χ4n) is 4.22. The predicted octanol–water partition coefficient (Wildman–Crippen LogP) is 7.36. The molecule has 0 aromatic heterocycles. The Labute approximate surface area is 232 Å². The smallest absolute Gasteiger partial charge is 0.277 e. The van der Waals surface area contributed by atoms with Crippen molar-refractivity contribution in [3.63, 3.8) is 0 Å². The van der Waals surface area contributed by atoms with E-state index in [0.29, 0.717) is 41.8 Å². The normalized spacial score (nSPS) is 13.1. The van der Waals surface area contributed by atoms with Gasteiger partial charge in [-0.15, -0.1) is 5.11 Å². The lowest BCUT2D eigenvalue weighted by Gasteiger charge is -2.36. The first-order valence-electron chi connectivity index (χ1n) is 13.6. The molecular weight excluding hydrogens is 517 g/mol. The number of nitro benzene ring substituents is 1. The average Bonchev–Trinajstić information content (AvgIpc) is 2.93. The van der Waals surface area contributed by atoms with Gasteiger partial charge in [-0.25, -0.2) is 4.67 Å². The molecule has 3 aromatic carbocycles. The molecule has 0 radical (unpaired) electrons. The number of azo groups is 1. The van der Waals surface area contributed by atoms with Crippen LogP contribution in [-0.2, 0) is 9.05 Å². The van der Waals surface area contributed by atoms with Crippen molar-refractivity contribution in [1.29, 1.82) is 0 Å². The Morgan fingerprint density at radius 3 is 2.26 bits per heavy atom. The van der Waals surface area contributed by atoms with Crippen molar-refractivity contribution < 1.29 is 20.4 Å². The molecule has 0 fully saturated rings. The highest BCUT2D eigenvalue weighted by Gasteiger charge is 2.27. The van der Waals surface area contributed by atoms with Crippen LogP contribution in [0.1, 0.15) is 36.0 Å². The molecule has 1 unspecified atom stereocenters. The Morgan fingerprint density at radius 2 is 1.64 bits per heavy atom. The van der Waals surface area contributed by atoms with Gasteiger partial charge in [-0.1, -0.05) is 18.2 Å². The summed E-state index contributed by atoms with van der Waals surface area (Å²) in [4.78, 5) is 13.1. The van der Waals surface area contributed by atoms with Crippen molar-refractivity contribution in [2.45, 2.75) is 46.7 Å². The summed E-state index contributed by atoms with van der Waals surface area (Å²) >= 11 is 0. The van der Waals surface area contributed by atoms with Crippen molar-refractivity contribution in [2.24, 2.45) is 10.2 Å². The molecule has 11 heteroatoms. The SMILES string of the molecule is [2H]CCN(CCOP(OCCO)N(C(C)C)C(C)C)c1ccc(/N=N/c2ccc([N+](=O)[O-])c3ccccc23)cc1. The lowest BCUT2D eigenvalue weighted by atomic mass is 10.1. The van der Waals surface area contributed by atoms with Gasteiger partial charge in [-0.3, -0.25) is 10.1 Å². The fraction of sp³-hybridized carbons (Fsp3) is 0.429. The van der Waals surface area contributed by atoms with Gasteiger partial charge in [0, 0.05) is 43.7 Å². The van der Waals surface area contributed by atoms with Crippen LogP contribution in [0.5, 0.6) is 0 Å². The maximum atomic E-state index is 11.4. The van der Waals surface area contributed by atoms with E-state index in [9.17, 15) is 15.2 Å². The summed E-state index contributed by atoms with van der Waals surface area (Å²) in [5, 5.41) is 30.5. The number of nitro groups is 1. The van der Waals surface area contributed by atoms with Crippen LogP contribution >= 0.6 is 8.53 Å². The van der Waals surface area contributed by atoms with Gasteiger partial charge >= 0.3 is 0 Å². The summed E-state index contributed by atoms with van der Waals surface area (Å²) in [6.45, 7) is 10.3. The number of fused-ring (bicyclic) bond motifs is 1. The first-order valence-corrected chi connectivity index (χ1v) is 14.1. The molecule has 0 bridgehead atoms. The first kappa shape index (κ1) is 29.0. The van der Waals surface area contributed by atoms with Crippen LogP contribution in [0, 0.1) is 10.1 Å². The van der Waals surface area contributed by atoms with E-state index >= 15 is 0 Å². The summed E-state index contributed by atoms with van der Waals surface area (Å²) in [7, 11) is -1.33. The molecule has 0 heterocycles. The summed E-state index contributed by atoms with van der Waals surface area (Å²) in [6, 6.07) is 18.1. The van der Waals surface area contributed by atoms with Gasteiger partial charge in [0.15, 0.2) is 0 Å². The molecule has 3 aromatic rings. The molecule has 0 saturated carbocycles. The fourth-order valence-corrected chi connectivity index (χ4v) is 5.79. The van der Waals surface area contributed by atoms with E-state index in [-0.39, 0.29) is 37.9 Å². The number of aliphatic hydroxyl groups is 1. The van der Waals surface area contributed by atoms with Crippen LogP contribution in [0.3, 0.4) is 0 Å². The van der Waals surface area contributed by atoms with Crippen LogP contribution in [0.4, 0.5) is 22.7 Å². The van der Waals surface area contributed by atoms with E-state index in [4.69, 9.17) is 10.4 Å². The second kappa shape index (κ2) is 15.0. The molecule has 0 amide bonds. The Kier molecular flexibility index (Phi) is 11.1. The van der Waals surface area contributed by atoms with Crippen LogP contribution < -0.4 is 4.90 Å². The molecular formula is C28H38N5O5P. The molecule has 10 nitrogen and oxygen atoms in total. The Bertz CT molecular complexity index is 1250. The standard InChI is InChI=1S/C28H38N5O5P/c1-6-31(17-19-37-39(38-20-18-34)32(21(2)3)22(4)5)24-13-11-23(12-14-24)29-30-27-15-16-28(33(35)36)26-10-8-7-9-25(26)27/h7-16,21-22,34H,6,17-20H2,1-5H3/b30-29+/i1D. The van der Waals surface area contributed by atoms with Crippen LogP contribution in [0.15, 0.2) is 70.9 Å². The summed E-state index contributed by atoms with van der Waals surface area (Å²) < 4.78 is 22.0. The van der Waals surface area contributed by atoms with Crippen molar-refractivity contribution in [3.05, 3.63) is 70.8 Å². The largest absolute Gasteiger partial charge is 0.394 e. The monoisotopic (exact) mass is 556 g/mol. The van der Waals surface area contributed by atoms with E-state index in [2.05, 4.69) is 47.5 Å². The van der Waals surface area contributed by atoms with Gasteiger partial charge in [0.1, 0.15) is 0 Å². The van der Waals surface area contributed by atoms with Gasteiger partial charge in [0.25, 0.3) is 14.2 Å². The number of anilines is 1. The highest BCUT2D eigenvalue weighted by molar-refractivity contribution is 7.44. The van der Waals surface area contributed by atoms with E-state index in [0.717, 1.165) is 5.69 Å². The second-order valence-corrected chi connectivity index (χ2v) is 10.8. The molecule has 1 N–H and O–H groups in total. The number of rotatable bonds is 15. The third-order valence-electron chi connectivity index (χ3n) is 5.94. The molecule has 210 valence electrons. The minimum Gasteiger partial charge on any atom is -0.394 e. The third kappa shape index (κ3) is 8.24. The zero-order chi connectivity index (χ0) is 29.1. The molecule has 3 rings (SSSR count). The minimum absolute atomic E-state index is 0.0333. The number of hydrogen-bond acceptors (Lipinski definition) is 9. The Morgan fingerprint density at radius 1 is 0.974 bits per heavy atom. The maximum Gasteiger partial charge on any atom is 0.277 e. The lowest BCUT2D eigenvalue weighted by Crippen LogP contribution is -2.34. The molecule has 1 atom stereocenters. The van der Waals surface area contributed by atoms with Gasteiger partial charge in [-0.2, -0.15) is 5.11 Å². The highest BCUT2D eigenvalue weighted by Crippen LogP contribution is 2.45. The van der Waals surface area contributed by atoms with E-state index in [1.165, 1.54) is 6.07 Å². The number of non-ortho nitro benzene ring substituents is 1. The minimum atomic E-state index is -1.33. The first-order chi connectivity index (χ1) is 19.3. The molecule has 0 aliphatic heterocycles. The van der Waals surface area contributed by atoms with Gasteiger partial charge in [0.05, 0.1) is 41.5 Å². The second-order valence-electron chi connectivity index (χ2n) is 9.31. The number of benzene rings is 3. The van der Waals surface area contributed by atoms with Crippen LogP contribution in [-0.4, -0.2) is 59.7 Å². The number of likely N-dealkylation sites (N-methyl/N-ethyl adjacent to an activating group) is 1. The summed E-state index contributed by atoms with van der Waals surface area (Å²) in [5.74, 6) is 0. The maximum absolute atomic E-state index is 11.4. The van der Waals surface area contributed by atoms with E-state index in [1.807, 2.05) is 30.3 Å². The predicted molar refractivity (Wildman–Crippen MR) is 157 cm³/mol. The number of hydrogen-bond donors (Lipinski definition) is 1. The summed E-state index contributed by atoms with van der Waals surface area (Å²) in [6.07, 6.45) is 0. The zero-order valence-electron chi connectivity index (χ0n) is 23.9. The van der Waals surface area contributed by atoms with E-state index in [1.54, 1.807) is 24.3 Å². The molecule has 39 heavy (non-hydrogen) atoms. The quantitative estimate of drug-likeness (QED) is 0.0900. The lowest BCUT2D eigenvalue weighted by molar-refractivity contribution is -0.383. The van der Waals surface area contributed by atoms with Crippen molar-refractivity contribution >= 4 is 42.0 Å². The summed E-state index contributed by atoms with van der Waals surface area (Å²) in [5.41, 5.74) is 2.15. The van der Waals surface area contributed by atoms with Crippen molar-refractivity contribution in [2.75, 3.05) is 37.8 Å². The van der Waals surface area contributed by atoms with Crippen molar-refractivity contribution in [1.82, 2.24) is 4.67 Å². The molecule has 0 spiro atoms. The average molecular weight is 557 g/mol. The van der Waals surface area contributed by atoms with Gasteiger partial charge in [-0.05, 0) is 71.0 Å². The van der Waals surface area contributed by atoms with E-state index < -0.39 is 13.4 Å². The number of nitrogens with zero attached hydrogens (tertiary/aromatic N) is 5. The van der Waals surface area contributed by atoms with Crippen molar-refractivity contribution in [3.8, 4) is 0 Å². The Hall–Kier alpha value is -3.01. The topological polar surface area (TPSA) is 113 Å². The highest BCUT2D eigenvalue weighted by atomic mass is 31.2. The molecule has 0 aliphatic carbocycles. The molecule has 0 saturated heterocycles. The Balaban J connectivity index is 1.70. The zero-order valence-corrected chi connectivity index (χ0v) is 23.8. The van der Waals surface area contributed by atoms with Crippen LogP contribution in [0.25, 0.3) is 10.8 Å². The third-order valence-corrected chi connectivity index (χ3v) is 8.04. The number of aliphatic hydroxyl groups excluding tert-OH is 1. The van der Waals surface area contributed by atoms with Crippen LogP contribution in [0.2, 0.25) is 0 Å². The van der Waals surface area contributed by atoms with Gasteiger partial charge in [0.2, 0.25) is 0 Å². The van der Waals surface area contributed by atoms with Gasteiger partial charge < -0.3 is 19.1 Å². The molecule has 0 aliphatic rings.